The Balaban J connectivity index is 2.61. The molecule has 112 valence electrons. The zero-order chi connectivity index (χ0) is 15.2. The lowest BCUT2D eigenvalue weighted by Gasteiger charge is -2.09. The van der Waals surface area contributed by atoms with Crippen molar-refractivity contribution in [2.75, 3.05) is 11.9 Å². The minimum atomic E-state index is -3.51. The summed E-state index contributed by atoms with van der Waals surface area (Å²) in [6, 6.07) is 6.09. The van der Waals surface area contributed by atoms with Gasteiger partial charge < -0.3 is 11.1 Å². The van der Waals surface area contributed by atoms with Gasteiger partial charge in [0.1, 0.15) is 0 Å². The maximum atomic E-state index is 12.0. The third-order valence-corrected chi connectivity index (χ3v) is 4.09. The lowest BCUT2D eigenvalue weighted by Crippen LogP contribution is -2.26. The third kappa shape index (κ3) is 5.68. The molecule has 7 heteroatoms. The molecule has 0 aromatic heterocycles. The number of carbonyl (C=O) groups is 1. The van der Waals surface area contributed by atoms with Crippen LogP contribution in [0.15, 0.2) is 29.2 Å². The molecule has 0 heterocycles. The number of sulfonamides is 1. The van der Waals surface area contributed by atoms with E-state index in [1.54, 1.807) is 12.1 Å². The van der Waals surface area contributed by atoms with Gasteiger partial charge >= 0.3 is 0 Å². The molecule has 1 rings (SSSR count). The summed E-state index contributed by atoms with van der Waals surface area (Å²) in [7, 11) is -3.51. The first kappa shape index (κ1) is 16.6. The molecule has 1 atom stereocenters. The molecule has 0 spiro atoms. The fourth-order valence-electron chi connectivity index (χ4n) is 1.63. The number of nitrogens with two attached hydrogens (primary N) is 1. The average molecular weight is 299 g/mol. The molecule has 0 aliphatic heterocycles. The maximum Gasteiger partial charge on any atom is 0.240 e. The monoisotopic (exact) mass is 299 g/mol. The molecule has 20 heavy (non-hydrogen) atoms. The minimum absolute atomic E-state index is 0.0662. The van der Waals surface area contributed by atoms with Crippen molar-refractivity contribution in [1.82, 2.24) is 4.72 Å². The smallest absolute Gasteiger partial charge is 0.240 e. The van der Waals surface area contributed by atoms with Crippen molar-refractivity contribution in [1.29, 1.82) is 0 Å². The van der Waals surface area contributed by atoms with Crippen LogP contribution in [0, 0.1) is 0 Å². The summed E-state index contributed by atoms with van der Waals surface area (Å²) < 4.78 is 26.5. The number of rotatable bonds is 7. The molecule has 0 saturated heterocycles. The van der Waals surface area contributed by atoms with Gasteiger partial charge in [-0.1, -0.05) is 0 Å². The summed E-state index contributed by atoms with van der Waals surface area (Å²) in [6.45, 7) is 3.64. The van der Waals surface area contributed by atoms with E-state index >= 15 is 0 Å². The Hall–Kier alpha value is -1.44. The number of anilines is 1. The SMILES string of the molecule is CC(=O)Nc1ccc(S(=O)(=O)NCCCC(C)N)cc1. The molecule has 0 aliphatic carbocycles. The van der Waals surface area contributed by atoms with E-state index in [1.807, 2.05) is 6.92 Å². The molecular formula is C13H21N3O3S. The van der Waals surface area contributed by atoms with Gasteiger partial charge in [-0.25, -0.2) is 13.1 Å². The van der Waals surface area contributed by atoms with E-state index in [-0.39, 0.29) is 16.8 Å². The summed E-state index contributed by atoms with van der Waals surface area (Å²) in [5.74, 6) is -0.199. The van der Waals surface area contributed by atoms with Crippen LogP contribution in [0.25, 0.3) is 0 Å². The van der Waals surface area contributed by atoms with Gasteiger partial charge in [0.25, 0.3) is 0 Å². The van der Waals surface area contributed by atoms with Gasteiger partial charge in [0.05, 0.1) is 4.90 Å². The summed E-state index contributed by atoms with van der Waals surface area (Å²) in [4.78, 5) is 11.0. The lowest BCUT2D eigenvalue weighted by molar-refractivity contribution is -0.114. The van der Waals surface area contributed by atoms with E-state index in [2.05, 4.69) is 10.0 Å². The molecule has 4 N–H and O–H groups in total. The normalized spacial score (nSPS) is 12.9. The number of amides is 1. The summed E-state index contributed by atoms with van der Waals surface area (Å²) in [5, 5.41) is 2.58. The van der Waals surface area contributed by atoms with Gasteiger partial charge in [-0.05, 0) is 44.0 Å². The third-order valence-electron chi connectivity index (χ3n) is 2.61. The molecule has 0 fully saturated rings. The first-order valence-electron chi connectivity index (χ1n) is 6.44. The maximum absolute atomic E-state index is 12.0. The van der Waals surface area contributed by atoms with Crippen LogP contribution in [0.4, 0.5) is 5.69 Å². The molecule has 1 amide bonds. The fraction of sp³-hybridized carbons (Fsp3) is 0.462. The molecule has 0 bridgehead atoms. The quantitative estimate of drug-likeness (QED) is 0.655. The van der Waals surface area contributed by atoms with E-state index in [0.29, 0.717) is 18.7 Å². The Kier molecular flexibility index (Phi) is 6.12. The average Bonchev–Trinajstić information content (AvgIpc) is 2.34. The number of benzene rings is 1. The van der Waals surface area contributed by atoms with Crippen LogP contribution in [0.1, 0.15) is 26.7 Å². The lowest BCUT2D eigenvalue weighted by atomic mass is 10.2. The minimum Gasteiger partial charge on any atom is -0.328 e. The highest BCUT2D eigenvalue weighted by Crippen LogP contribution is 2.13. The van der Waals surface area contributed by atoms with E-state index in [1.165, 1.54) is 19.1 Å². The number of nitrogens with one attached hydrogen (secondary N) is 2. The second-order valence-corrected chi connectivity index (χ2v) is 6.49. The Labute approximate surface area is 119 Å². The van der Waals surface area contributed by atoms with Crippen molar-refractivity contribution in [2.24, 2.45) is 5.73 Å². The first-order chi connectivity index (χ1) is 9.31. The van der Waals surface area contributed by atoms with Gasteiger partial charge in [0, 0.05) is 25.2 Å². The molecule has 1 unspecified atom stereocenters. The van der Waals surface area contributed by atoms with Crippen molar-refractivity contribution >= 4 is 21.6 Å². The molecule has 1 aromatic rings. The van der Waals surface area contributed by atoms with Gasteiger partial charge in [0.2, 0.25) is 15.9 Å². The number of carbonyl (C=O) groups excluding carboxylic acids is 1. The topological polar surface area (TPSA) is 101 Å². The highest BCUT2D eigenvalue weighted by atomic mass is 32.2. The number of hydrogen-bond acceptors (Lipinski definition) is 4. The molecule has 0 saturated carbocycles. The van der Waals surface area contributed by atoms with Crippen molar-refractivity contribution in [2.45, 2.75) is 37.6 Å². The van der Waals surface area contributed by atoms with Crippen molar-refractivity contribution in [3.05, 3.63) is 24.3 Å². The summed E-state index contributed by atoms with van der Waals surface area (Å²) in [6.07, 6.45) is 1.46. The van der Waals surface area contributed by atoms with Crippen LogP contribution in [-0.2, 0) is 14.8 Å². The van der Waals surface area contributed by atoms with E-state index in [9.17, 15) is 13.2 Å². The fourth-order valence-corrected chi connectivity index (χ4v) is 2.71. The van der Waals surface area contributed by atoms with Crippen molar-refractivity contribution in [3.8, 4) is 0 Å². The van der Waals surface area contributed by atoms with E-state index in [4.69, 9.17) is 5.73 Å². The predicted octanol–water partition coefficient (Wildman–Crippen LogP) is 1.05. The molecule has 0 aliphatic rings. The van der Waals surface area contributed by atoms with Crippen LogP contribution in [0.5, 0.6) is 0 Å². The largest absolute Gasteiger partial charge is 0.328 e. The van der Waals surface area contributed by atoms with Crippen molar-refractivity contribution < 1.29 is 13.2 Å². The zero-order valence-corrected chi connectivity index (χ0v) is 12.5. The van der Waals surface area contributed by atoms with Gasteiger partial charge in [-0.2, -0.15) is 0 Å². The second-order valence-electron chi connectivity index (χ2n) is 4.72. The molecular weight excluding hydrogens is 278 g/mol. The van der Waals surface area contributed by atoms with Gasteiger partial charge in [0.15, 0.2) is 0 Å². The Morgan fingerprint density at radius 1 is 1.30 bits per heavy atom. The Bertz CT molecular complexity index is 538. The van der Waals surface area contributed by atoms with E-state index < -0.39 is 10.0 Å². The summed E-state index contributed by atoms with van der Waals surface area (Å²) in [5.41, 5.74) is 6.16. The number of hydrogen-bond donors (Lipinski definition) is 3. The highest BCUT2D eigenvalue weighted by Gasteiger charge is 2.13. The Morgan fingerprint density at radius 2 is 1.90 bits per heavy atom. The molecule has 1 aromatic carbocycles. The standard InChI is InChI=1S/C13H21N3O3S/c1-10(14)4-3-9-15-20(18,19)13-7-5-12(6-8-13)16-11(2)17/h5-8,10,15H,3-4,9,14H2,1-2H3,(H,16,17). The van der Waals surface area contributed by atoms with E-state index in [0.717, 1.165) is 6.42 Å². The second kappa shape index (κ2) is 7.37. The van der Waals surface area contributed by atoms with Crippen LogP contribution in [0.3, 0.4) is 0 Å². The predicted molar refractivity (Wildman–Crippen MR) is 78.8 cm³/mol. The molecule has 6 nitrogen and oxygen atoms in total. The van der Waals surface area contributed by atoms with Gasteiger partial charge in [-0.3, -0.25) is 4.79 Å². The summed E-state index contributed by atoms with van der Waals surface area (Å²) >= 11 is 0. The van der Waals surface area contributed by atoms with Crippen LogP contribution in [0.2, 0.25) is 0 Å². The van der Waals surface area contributed by atoms with Crippen LogP contribution in [-0.4, -0.2) is 26.9 Å². The van der Waals surface area contributed by atoms with Gasteiger partial charge in [-0.15, -0.1) is 0 Å². The Morgan fingerprint density at radius 3 is 2.40 bits per heavy atom. The van der Waals surface area contributed by atoms with Crippen LogP contribution < -0.4 is 15.8 Å². The highest BCUT2D eigenvalue weighted by molar-refractivity contribution is 7.89. The zero-order valence-electron chi connectivity index (χ0n) is 11.7. The molecule has 0 radical (unpaired) electrons. The van der Waals surface area contributed by atoms with Crippen molar-refractivity contribution in [3.63, 3.8) is 0 Å². The van der Waals surface area contributed by atoms with Crippen LogP contribution >= 0.6 is 0 Å². The first-order valence-corrected chi connectivity index (χ1v) is 7.92.